The highest BCUT2D eigenvalue weighted by atomic mass is 35.5. The minimum atomic E-state index is -0.291. The molecule has 1 saturated heterocycles. The first-order valence-corrected chi connectivity index (χ1v) is 8.95. The molecule has 5 nitrogen and oxygen atoms in total. The van der Waals surface area contributed by atoms with E-state index in [1.807, 2.05) is 30.3 Å². The summed E-state index contributed by atoms with van der Waals surface area (Å²) in [4.78, 5) is 26.3. The SMILES string of the molecule is O=C1C[C@H](Cc2ccc(Cl)cc2)C(=O)N1CCc1ccc2c(c1)OCO2. The molecule has 2 aliphatic rings. The molecule has 0 bridgehead atoms. The van der Waals surface area contributed by atoms with Gasteiger partial charge in [0.1, 0.15) is 0 Å². The third-order valence-electron chi connectivity index (χ3n) is 4.79. The number of nitrogens with zero attached hydrogens (tertiary/aromatic N) is 1. The number of likely N-dealkylation sites (tertiary alicyclic amines) is 1. The predicted molar refractivity (Wildman–Crippen MR) is 96.3 cm³/mol. The predicted octanol–water partition coefficient (Wildman–Crippen LogP) is 3.23. The lowest BCUT2D eigenvalue weighted by Gasteiger charge is -2.15. The van der Waals surface area contributed by atoms with Gasteiger partial charge in [-0.25, -0.2) is 0 Å². The van der Waals surface area contributed by atoms with Crippen LogP contribution in [-0.4, -0.2) is 30.1 Å². The van der Waals surface area contributed by atoms with Crippen LogP contribution in [-0.2, 0) is 22.4 Å². The number of halogens is 1. The Hall–Kier alpha value is -2.53. The molecule has 2 aromatic rings. The van der Waals surface area contributed by atoms with E-state index in [1.165, 1.54) is 4.90 Å². The van der Waals surface area contributed by atoms with Crippen LogP contribution in [0.2, 0.25) is 5.02 Å². The second-order valence-corrected chi connectivity index (χ2v) is 6.99. The summed E-state index contributed by atoms with van der Waals surface area (Å²) in [6.45, 7) is 0.614. The van der Waals surface area contributed by atoms with Gasteiger partial charge in [0, 0.05) is 18.0 Å². The molecule has 4 rings (SSSR count). The highest BCUT2D eigenvalue weighted by Crippen LogP contribution is 2.33. The quantitative estimate of drug-likeness (QED) is 0.757. The molecule has 0 saturated carbocycles. The van der Waals surface area contributed by atoms with Gasteiger partial charge in [0.05, 0.1) is 5.92 Å². The zero-order valence-corrected chi connectivity index (χ0v) is 14.9. The molecule has 2 aromatic carbocycles. The molecule has 134 valence electrons. The Morgan fingerprint density at radius 3 is 2.54 bits per heavy atom. The average Bonchev–Trinajstić information content (AvgIpc) is 3.20. The van der Waals surface area contributed by atoms with Crippen LogP contribution in [0.4, 0.5) is 0 Å². The van der Waals surface area contributed by atoms with Crippen LogP contribution in [0.3, 0.4) is 0 Å². The lowest BCUT2D eigenvalue weighted by atomic mass is 9.98. The van der Waals surface area contributed by atoms with Gasteiger partial charge in [0.2, 0.25) is 18.6 Å². The van der Waals surface area contributed by atoms with Crippen molar-refractivity contribution in [2.45, 2.75) is 19.3 Å². The number of imide groups is 1. The van der Waals surface area contributed by atoms with Crippen LogP contribution in [0.15, 0.2) is 42.5 Å². The first-order chi connectivity index (χ1) is 12.6. The van der Waals surface area contributed by atoms with Crippen molar-refractivity contribution >= 4 is 23.4 Å². The molecule has 1 fully saturated rings. The Morgan fingerprint density at radius 1 is 1.00 bits per heavy atom. The fourth-order valence-corrected chi connectivity index (χ4v) is 3.51. The zero-order chi connectivity index (χ0) is 18.1. The van der Waals surface area contributed by atoms with Crippen LogP contribution in [0.25, 0.3) is 0 Å². The summed E-state index contributed by atoms with van der Waals surface area (Å²) >= 11 is 5.89. The van der Waals surface area contributed by atoms with E-state index in [1.54, 1.807) is 12.1 Å². The summed E-state index contributed by atoms with van der Waals surface area (Å²) in [5.74, 6) is 0.952. The maximum Gasteiger partial charge on any atom is 0.233 e. The normalized spacial score (nSPS) is 18.7. The van der Waals surface area contributed by atoms with E-state index in [0.717, 1.165) is 16.9 Å². The second kappa shape index (κ2) is 7.00. The minimum absolute atomic E-state index is 0.0920. The van der Waals surface area contributed by atoms with Crippen molar-refractivity contribution in [3.63, 3.8) is 0 Å². The standard InChI is InChI=1S/C20H18ClNO4/c21-16-4-1-13(2-5-16)9-15-11-19(23)22(20(15)24)8-7-14-3-6-17-18(10-14)26-12-25-17/h1-6,10,15H,7-9,11-12H2/t15-/m0/s1. The molecule has 2 heterocycles. The monoisotopic (exact) mass is 371 g/mol. The van der Waals surface area contributed by atoms with Crippen LogP contribution < -0.4 is 9.47 Å². The number of fused-ring (bicyclic) bond motifs is 1. The Balaban J connectivity index is 1.38. The molecule has 0 spiro atoms. The van der Waals surface area contributed by atoms with Crippen molar-refractivity contribution in [3.05, 3.63) is 58.6 Å². The Labute approximate surface area is 156 Å². The topological polar surface area (TPSA) is 55.8 Å². The average molecular weight is 372 g/mol. The van der Waals surface area contributed by atoms with Crippen molar-refractivity contribution in [1.82, 2.24) is 4.90 Å². The molecular weight excluding hydrogens is 354 g/mol. The maximum atomic E-state index is 12.6. The molecule has 1 atom stereocenters. The largest absolute Gasteiger partial charge is 0.454 e. The van der Waals surface area contributed by atoms with Gasteiger partial charge >= 0.3 is 0 Å². The van der Waals surface area contributed by atoms with E-state index in [-0.39, 0.29) is 30.9 Å². The number of carbonyl (C=O) groups excluding carboxylic acids is 2. The van der Waals surface area contributed by atoms with E-state index in [0.29, 0.717) is 30.2 Å². The third kappa shape index (κ3) is 3.40. The molecule has 0 N–H and O–H groups in total. The molecule has 6 heteroatoms. The molecule has 0 unspecified atom stereocenters. The molecular formula is C20H18ClNO4. The number of rotatable bonds is 5. The molecule has 26 heavy (non-hydrogen) atoms. The zero-order valence-electron chi connectivity index (χ0n) is 14.1. The first-order valence-electron chi connectivity index (χ1n) is 8.57. The first kappa shape index (κ1) is 16.9. The number of benzene rings is 2. The fourth-order valence-electron chi connectivity index (χ4n) is 3.39. The molecule has 0 radical (unpaired) electrons. The molecule has 2 amide bonds. The lowest BCUT2D eigenvalue weighted by Crippen LogP contribution is -2.33. The summed E-state index contributed by atoms with van der Waals surface area (Å²) in [5.41, 5.74) is 2.02. The number of hydrogen-bond donors (Lipinski definition) is 0. The number of ether oxygens (including phenoxy) is 2. The van der Waals surface area contributed by atoms with E-state index in [2.05, 4.69) is 0 Å². The van der Waals surface area contributed by atoms with Gasteiger partial charge in [-0.15, -0.1) is 0 Å². The minimum Gasteiger partial charge on any atom is -0.454 e. The van der Waals surface area contributed by atoms with Crippen molar-refractivity contribution in [2.75, 3.05) is 13.3 Å². The third-order valence-corrected chi connectivity index (χ3v) is 5.05. The summed E-state index contributed by atoms with van der Waals surface area (Å²) in [7, 11) is 0. The van der Waals surface area contributed by atoms with Crippen LogP contribution in [0.1, 0.15) is 17.5 Å². The van der Waals surface area contributed by atoms with Gasteiger partial charge < -0.3 is 9.47 Å². The second-order valence-electron chi connectivity index (χ2n) is 6.55. The number of hydrogen-bond acceptors (Lipinski definition) is 4. The van der Waals surface area contributed by atoms with Gasteiger partial charge in [-0.05, 0) is 48.2 Å². The van der Waals surface area contributed by atoms with E-state index in [9.17, 15) is 9.59 Å². The van der Waals surface area contributed by atoms with Gasteiger partial charge in [0.15, 0.2) is 11.5 Å². The smallest absolute Gasteiger partial charge is 0.233 e. The number of carbonyl (C=O) groups is 2. The van der Waals surface area contributed by atoms with Crippen molar-refractivity contribution in [2.24, 2.45) is 5.92 Å². The summed E-state index contributed by atoms with van der Waals surface area (Å²) in [6, 6.07) is 13.1. The fraction of sp³-hybridized carbons (Fsp3) is 0.300. The Morgan fingerprint density at radius 2 is 1.73 bits per heavy atom. The summed E-state index contributed by atoms with van der Waals surface area (Å²) < 4.78 is 10.7. The Kier molecular flexibility index (Phi) is 4.55. The van der Waals surface area contributed by atoms with Crippen molar-refractivity contribution < 1.29 is 19.1 Å². The lowest BCUT2D eigenvalue weighted by molar-refractivity contribution is -0.139. The van der Waals surface area contributed by atoms with Crippen molar-refractivity contribution in [3.8, 4) is 11.5 Å². The molecule has 0 aromatic heterocycles. The van der Waals surface area contributed by atoms with E-state index in [4.69, 9.17) is 21.1 Å². The van der Waals surface area contributed by atoms with Crippen LogP contribution >= 0.6 is 11.6 Å². The highest BCUT2D eigenvalue weighted by molar-refractivity contribution is 6.30. The highest BCUT2D eigenvalue weighted by Gasteiger charge is 2.38. The molecule has 0 aliphatic carbocycles. The summed E-state index contributed by atoms with van der Waals surface area (Å²) in [6.07, 6.45) is 1.42. The van der Waals surface area contributed by atoms with Crippen LogP contribution in [0, 0.1) is 5.92 Å². The van der Waals surface area contributed by atoms with Gasteiger partial charge in [0.25, 0.3) is 0 Å². The van der Waals surface area contributed by atoms with E-state index < -0.39 is 0 Å². The Bertz CT molecular complexity index is 849. The molecule has 2 aliphatic heterocycles. The van der Waals surface area contributed by atoms with Gasteiger partial charge in [-0.2, -0.15) is 0 Å². The van der Waals surface area contributed by atoms with Gasteiger partial charge in [-0.1, -0.05) is 29.8 Å². The summed E-state index contributed by atoms with van der Waals surface area (Å²) in [5, 5.41) is 0.660. The van der Waals surface area contributed by atoms with E-state index >= 15 is 0 Å². The van der Waals surface area contributed by atoms with Crippen molar-refractivity contribution in [1.29, 1.82) is 0 Å². The maximum absolute atomic E-state index is 12.6. The number of amides is 2. The van der Waals surface area contributed by atoms with Gasteiger partial charge in [-0.3, -0.25) is 14.5 Å². The van der Waals surface area contributed by atoms with Crippen LogP contribution in [0.5, 0.6) is 11.5 Å².